The minimum Gasteiger partial charge on any atom is -0.330 e. The first-order valence-corrected chi connectivity index (χ1v) is 9.66. The second kappa shape index (κ2) is 6.83. The molecular weight excluding hydrogens is 276 g/mol. The Morgan fingerprint density at radius 3 is 1.89 bits per heavy atom. The molecule has 0 unspecified atom stereocenters. The van der Waals surface area contributed by atoms with Gasteiger partial charge in [-0.1, -0.05) is 13.8 Å². The summed E-state index contributed by atoms with van der Waals surface area (Å²) in [6, 6.07) is 0. The fourth-order valence-corrected chi connectivity index (χ4v) is 4.22. The van der Waals surface area contributed by atoms with Crippen molar-refractivity contribution < 1.29 is 16.8 Å². The van der Waals surface area contributed by atoms with E-state index in [1.165, 1.54) is 0 Å². The fourth-order valence-electron chi connectivity index (χ4n) is 1.46. The van der Waals surface area contributed by atoms with E-state index >= 15 is 0 Å². The van der Waals surface area contributed by atoms with Crippen LogP contribution >= 0.6 is 0 Å². The first-order valence-electron chi connectivity index (χ1n) is 5.95. The van der Waals surface area contributed by atoms with Crippen molar-refractivity contribution in [3.63, 3.8) is 0 Å². The van der Waals surface area contributed by atoms with Crippen LogP contribution in [0, 0.1) is 5.41 Å². The molecule has 0 atom stereocenters. The average molecular weight is 300 g/mol. The first kappa shape index (κ1) is 17.8. The van der Waals surface area contributed by atoms with Gasteiger partial charge >= 0.3 is 0 Å². The molecule has 0 aromatic heterocycles. The molecule has 0 aliphatic heterocycles. The van der Waals surface area contributed by atoms with Crippen molar-refractivity contribution in [3.05, 3.63) is 0 Å². The Kier molecular flexibility index (Phi) is 6.77. The van der Waals surface area contributed by atoms with Crippen molar-refractivity contribution in [3.8, 4) is 0 Å². The Morgan fingerprint density at radius 1 is 1.06 bits per heavy atom. The molecule has 0 bridgehead atoms. The third-order valence-corrected chi connectivity index (χ3v) is 5.85. The van der Waals surface area contributed by atoms with Crippen LogP contribution in [-0.4, -0.2) is 47.7 Å². The number of hydrogen-bond donors (Lipinski definition) is 2. The standard InChI is InChI=1S/C10H24N2O4S2/c1-4-10(5-2,8-11)9-12-18(15,16)7-6-17(3,13)14/h12H,4-9,11H2,1-3H3. The smallest absolute Gasteiger partial charge is 0.212 e. The van der Waals surface area contributed by atoms with Crippen molar-refractivity contribution in [2.75, 3.05) is 30.9 Å². The van der Waals surface area contributed by atoms with Crippen LogP contribution in [0.5, 0.6) is 0 Å². The summed E-state index contributed by atoms with van der Waals surface area (Å²) in [6.45, 7) is 4.57. The zero-order valence-electron chi connectivity index (χ0n) is 11.3. The molecule has 0 rings (SSSR count). The van der Waals surface area contributed by atoms with Crippen LogP contribution in [0.25, 0.3) is 0 Å². The normalized spacial score (nSPS) is 13.8. The maximum Gasteiger partial charge on any atom is 0.212 e. The van der Waals surface area contributed by atoms with E-state index in [1.54, 1.807) is 0 Å². The molecule has 0 saturated carbocycles. The fraction of sp³-hybridized carbons (Fsp3) is 1.00. The average Bonchev–Trinajstić information content (AvgIpc) is 2.29. The summed E-state index contributed by atoms with van der Waals surface area (Å²) in [6.07, 6.45) is 2.56. The van der Waals surface area contributed by atoms with Crippen LogP contribution in [-0.2, 0) is 19.9 Å². The first-order chi connectivity index (χ1) is 8.10. The summed E-state index contributed by atoms with van der Waals surface area (Å²) in [5.74, 6) is -0.768. The lowest BCUT2D eigenvalue weighted by molar-refractivity contribution is 0.275. The molecule has 0 aromatic rings. The molecule has 0 heterocycles. The molecule has 110 valence electrons. The van der Waals surface area contributed by atoms with Gasteiger partial charge in [0.15, 0.2) is 0 Å². The highest BCUT2D eigenvalue weighted by Gasteiger charge is 2.26. The zero-order valence-corrected chi connectivity index (χ0v) is 12.9. The molecule has 0 fully saturated rings. The SMILES string of the molecule is CCC(CC)(CN)CNS(=O)(=O)CCS(C)(=O)=O. The molecule has 0 amide bonds. The van der Waals surface area contributed by atoms with Crippen molar-refractivity contribution in [1.82, 2.24) is 4.72 Å². The topological polar surface area (TPSA) is 106 Å². The van der Waals surface area contributed by atoms with Crippen molar-refractivity contribution in [2.24, 2.45) is 11.1 Å². The quantitative estimate of drug-likeness (QED) is 0.609. The number of sulfone groups is 1. The summed E-state index contributed by atoms with van der Waals surface area (Å²) in [7, 11) is -6.83. The second-order valence-electron chi connectivity index (χ2n) is 4.68. The highest BCUT2D eigenvalue weighted by atomic mass is 32.2. The van der Waals surface area contributed by atoms with Crippen LogP contribution in [0.4, 0.5) is 0 Å². The molecule has 8 heteroatoms. The lowest BCUT2D eigenvalue weighted by atomic mass is 9.83. The molecular formula is C10H24N2O4S2. The maximum atomic E-state index is 11.7. The van der Waals surface area contributed by atoms with E-state index in [-0.39, 0.29) is 17.7 Å². The molecule has 0 radical (unpaired) electrons. The monoisotopic (exact) mass is 300 g/mol. The summed E-state index contributed by atoms with van der Waals surface area (Å²) in [4.78, 5) is 0. The molecule has 18 heavy (non-hydrogen) atoms. The molecule has 0 aromatic carbocycles. The van der Waals surface area contributed by atoms with Gasteiger partial charge in [-0.05, 0) is 24.8 Å². The highest BCUT2D eigenvalue weighted by molar-refractivity contribution is 7.93. The lowest BCUT2D eigenvalue weighted by Crippen LogP contribution is -2.43. The number of rotatable bonds is 9. The Bertz CT molecular complexity index is 430. The van der Waals surface area contributed by atoms with Gasteiger partial charge in [-0.15, -0.1) is 0 Å². The van der Waals surface area contributed by atoms with Gasteiger partial charge in [0.2, 0.25) is 10.0 Å². The Labute approximate surface area is 110 Å². The largest absolute Gasteiger partial charge is 0.330 e. The Hall–Kier alpha value is -0.180. The summed E-state index contributed by atoms with van der Waals surface area (Å²) in [5, 5.41) is 0. The second-order valence-corrected chi connectivity index (χ2v) is 8.87. The van der Waals surface area contributed by atoms with Gasteiger partial charge in [0.05, 0.1) is 11.5 Å². The van der Waals surface area contributed by atoms with E-state index < -0.39 is 25.6 Å². The molecule has 0 spiro atoms. The summed E-state index contributed by atoms with van der Waals surface area (Å²) < 4.78 is 47.6. The van der Waals surface area contributed by atoms with Gasteiger partial charge in [0.25, 0.3) is 0 Å². The van der Waals surface area contributed by atoms with Gasteiger partial charge in [-0.3, -0.25) is 0 Å². The zero-order chi connectivity index (χ0) is 14.4. The highest BCUT2D eigenvalue weighted by Crippen LogP contribution is 2.23. The third kappa shape index (κ3) is 6.67. The van der Waals surface area contributed by atoms with Crippen LogP contribution < -0.4 is 10.5 Å². The van der Waals surface area contributed by atoms with E-state index in [0.717, 1.165) is 19.1 Å². The van der Waals surface area contributed by atoms with Crippen molar-refractivity contribution in [2.45, 2.75) is 26.7 Å². The van der Waals surface area contributed by atoms with E-state index in [2.05, 4.69) is 4.72 Å². The van der Waals surface area contributed by atoms with Gasteiger partial charge in [0.1, 0.15) is 9.84 Å². The predicted molar refractivity (Wildman–Crippen MR) is 73.6 cm³/mol. The maximum absolute atomic E-state index is 11.7. The van der Waals surface area contributed by atoms with Crippen molar-refractivity contribution in [1.29, 1.82) is 0 Å². The van der Waals surface area contributed by atoms with Gasteiger partial charge < -0.3 is 5.73 Å². The van der Waals surface area contributed by atoms with Gasteiger partial charge in [-0.2, -0.15) is 0 Å². The summed E-state index contributed by atoms with van der Waals surface area (Å²) >= 11 is 0. The number of sulfonamides is 1. The third-order valence-electron chi connectivity index (χ3n) is 3.32. The van der Waals surface area contributed by atoms with E-state index in [0.29, 0.717) is 6.54 Å². The summed E-state index contributed by atoms with van der Waals surface area (Å²) in [5.41, 5.74) is 5.42. The molecule has 0 aliphatic carbocycles. The Balaban J connectivity index is 4.51. The Morgan fingerprint density at radius 2 is 1.56 bits per heavy atom. The minimum atomic E-state index is -3.56. The van der Waals surface area contributed by atoms with Crippen LogP contribution in [0.2, 0.25) is 0 Å². The lowest BCUT2D eigenvalue weighted by Gasteiger charge is -2.30. The van der Waals surface area contributed by atoms with E-state index in [1.807, 2.05) is 13.8 Å². The predicted octanol–water partition coefficient (Wildman–Crippen LogP) is -0.284. The van der Waals surface area contributed by atoms with E-state index in [9.17, 15) is 16.8 Å². The van der Waals surface area contributed by atoms with Crippen LogP contribution in [0.15, 0.2) is 0 Å². The molecule has 0 saturated heterocycles. The minimum absolute atomic E-state index is 0.252. The number of hydrogen-bond acceptors (Lipinski definition) is 5. The van der Waals surface area contributed by atoms with Crippen molar-refractivity contribution >= 4 is 19.9 Å². The molecule has 6 nitrogen and oxygen atoms in total. The molecule has 3 N–H and O–H groups in total. The molecule has 0 aliphatic rings. The van der Waals surface area contributed by atoms with E-state index in [4.69, 9.17) is 5.73 Å². The number of nitrogens with two attached hydrogens (primary N) is 1. The van der Waals surface area contributed by atoms with Crippen LogP contribution in [0.3, 0.4) is 0 Å². The van der Waals surface area contributed by atoms with Gasteiger partial charge in [-0.25, -0.2) is 21.6 Å². The number of nitrogens with one attached hydrogen (secondary N) is 1. The van der Waals surface area contributed by atoms with Gasteiger partial charge in [0, 0.05) is 12.8 Å². The van der Waals surface area contributed by atoms with Crippen LogP contribution in [0.1, 0.15) is 26.7 Å².